The monoisotopic (exact) mass is 330 g/mol. The number of carbonyl (C=O) groups is 2. The molecule has 1 heterocycles. The van der Waals surface area contributed by atoms with Crippen LogP contribution < -0.4 is 10.6 Å². The van der Waals surface area contributed by atoms with Crippen LogP contribution in [0.2, 0.25) is 0 Å². The summed E-state index contributed by atoms with van der Waals surface area (Å²) < 4.78 is 1.93. The number of nitrogens with zero attached hydrogens (tertiary/aromatic N) is 2. The van der Waals surface area contributed by atoms with Gasteiger partial charge >= 0.3 is 0 Å². The summed E-state index contributed by atoms with van der Waals surface area (Å²) in [6.07, 6.45) is 1.50. The van der Waals surface area contributed by atoms with E-state index in [1.807, 2.05) is 49.6 Å². The minimum absolute atomic E-state index is 0.0209. The third-order valence-electron chi connectivity index (χ3n) is 3.78. The Morgan fingerprint density at radius 1 is 1.17 bits per heavy atom. The van der Waals surface area contributed by atoms with Crippen molar-refractivity contribution in [3.8, 4) is 0 Å². The predicted molar refractivity (Wildman–Crippen MR) is 94.6 cm³/mol. The van der Waals surface area contributed by atoms with Crippen molar-refractivity contribution >= 4 is 22.8 Å². The largest absolute Gasteiger partial charge is 0.355 e. The maximum atomic E-state index is 12.1. The average Bonchev–Trinajstić information content (AvgIpc) is 2.90. The van der Waals surface area contributed by atoms with Crippen LogP contribution in [0.25, 0.3) is 11.0 Å². The summed E-state index contributed by atoms with van der Waals surface area (Å²) in [6, 6.07) is 7.77. The van der Waals surface area contributed by atoms with Crippen molar-refractivity contribution in [3.05, 3.63) is 30.1 Å². The molecule has 0 bridgehead atoms. The fraction of sp³-hybridized carbons (Fsp3) is 0.500. The second kappa shape index (κ2) is 8.47. The van der Waals surface area contributed by atoms with Crippen LogP contribution >= 0.6 is 0 Å². The number of rotatable bonds is 8. The van der Waals surface area contributed by atoms with Gasteiger partial charge in [-0.1, -0.05) is 32.9 Å². The van der Waals surface area contributed by atoms with E-state index >= 15 is 0 Å². The minimum Gasteiger partial charge on any atom is -0.355 e. The van der Waals surface area contributed by atoms with E-state index in [1.54, 1.807) is 0 Å². The zero-order valence-corrected chi connectivity index (χ0v) is 14.6. The first-order valence-electron chi connectivity index (χ1n) is 8.51. The second-order valence-corrected chi connectivity index (χ2v) is 6.15. The molecule has 6 nitrogen and oxygen atoms in total. The fourth-order valence-electron chi connectivity index (χ4n) is 2.46. The van der Waals surface area contributed by atoms with Crippen molar-refractivity contribution in [2.75, 3.05) is 13.1 Å². The zero-order valence-electron chi connectivity index (χ0n) is 14.6. The van der Waals surface area contributed by atoms with Gasteiger partial charge in [0, 0.05) is 25.4 Å². The molecule has 0 unspecified atom stereocenters. The van der Waals surface area contributed by atoms with Gasteiger partial charge in [-0.05, 0) is 18.6 Å². The fourth-order valence-corrected chi connectivity index (χ4v) is 2.46. The van der Waals surface area contributed by atoms with E-state index in [2.05, 4.69) is 15.6 Å². The van der Waals surface area contributed by atoms with Crippen molar-refractivity contribution in [2.24, 2.45) is 5.92 Å². The molecule has 0 saturated heterocycles. The van der Waals surface area contributed by atoms with Crippen LogP contribution in [0.3, 0.4) is 0 Å². The summed E-state index contributed by atoms with van der Waals surface area (Å²) in [7, 11) is 0. The van der Waals surface area contributed by atoms with Gasteiger partial charge in [-0.25, -0.2) is 4.98 Å². The molecular weight excluding hydrogens is 304 g/mol. The quantitative estimate of drug-likeness (QED) is 0.776. The summed E-state index contributed by atoms with van der Waals surface area (Å²) in [6.45, 7) is 7.18. The van der Waals surface area contributed by atoms with Gasteiger partial charge in [0.05, 0.1) is 11.0 Å². The number of carbonyl (C=O) groups excluding carboxylic acids is 2. The first kappa shape index (κ1) is 18.0. The number of aromatic nitrogens is 2. The number of amides is 2. The summed E-state index contributed by atoms with van der Waals surface area (Å²) in [5.41, 5.74) is 1.81. The van der Waals surface area contributed by atoms with Crippen molar-refractivity contribution in [1.29, 1.82) is 0 Å². The molecule has 2 rings (SSSR count). The molecule has 0 saturated carbocycles. The standard InChI is InChI=1S/C18H26N4O2/c1-4-10-19-17(23)12-22-15-8-6-5-7-14(15)21-16(22)9-11-20-18(24)13(2)3/h5-8,13H,4,9-12H2,1-3H3,(H,19,23)(H,20,24). The van der Waals surface area contributed by atoms with E-state index in [1.165, 1.54) is 0 Å². The van der Waals surface area contributed by atoms with E-state index in [4.69, 9.17) is 0 Å². The summed E-state index contributed by atoms with van der Waals surface area (Å²) >= 11 is 0. The lowest BCUT2D eigenvalue weighted by Gasteiger charge is -2.11. The van der Waals surface area contributed by atoms with Crippen LogP contribution in [0.1, 0.15) is 33.0 Å². The number of benzene rings is 1. The number of para-hydroxylation sites is 2. The van der Waals surface area contributed by atoms with Crippen LogP contribution in [0.4, 0.5) is 0 Å². The highest BCUT2D eigenvalue weighted by atomic mass is 16.2. The van der Waals surface area contributed by atoms with Gasteiger partial charge in [0.15, 0.2) is 0 Å². The number of fused-ring (bicyclic) bond motifs is 1. The first-order chi connectivity index (χ1) is 11.5. The molecule has 0 aliphatic carbocycles. The molecular formula is C18H26N4O2. The van der Waals surface area contributed by atoms with Gasteiger partial charge in [0.2, 0.25) is 11.8 Å². The van der Waals surface area contributed by atoms with Crippen molar-refractivity contribution in [2.45, 2.75) is 40.2 Å². The Balaban J connectivity index is 2.14. The Hall–Kier alpha value is -2.37. The van der Waals surface area contributed by atoms with Crippen LogP contribution in [-0.2, 0) is 22.6 Å². The van der Waals surface area contributed by atoms with Gasteiger partial charge < -0.3 is 15.2 Å². The molecule has 0 radical (unpaired) electrons. The van der Waals surface area contributed by atoms with Crippen LogP contribution in [0.15, 0.2) is 24.3 Å². The number of hydrogen-bond donors (Lipinski definition) is 2. The topological polar surface area (TPSA) is 76.0 Å². The molecule has 0 atom stereocenters. The molecule has 24 heavy (non-hydrogen) atoms. The van der Waals surface area contributed by atoms with Gasteiger partial charge in [-0.3, -0.25) is 9.59 Å². The van der Waals surface area contributed by atoms with Gasteiger partial charge in [-0.2, -0.15) is 0 Å². The summed E-state index contributed by atoms with van der Waals surface area (Å²) in [4.78, 5) is 28.4. The Bertz CT molecular complexity index is 706. The Morgan fingerprint density at radius 2 is 1.92 bits per heavy atom. The van der Waals surface area contributed by atoms with Gasteiger partial charge in [-0.15, -0.1) is 0 Å². The summed E-state index contributed by atoms with van der Waals surface area (Å²) in [5, 5.41) is 5.79. The normalized spacial score (nSPS) is 11.0. The molecule has 2 aromatic rings. The van der Waals surface area contributed by atoms with Crippen LogP contribution in [0, 0.1) is 5.92 Å². The maximum absolute atomic E-state index is 12.1. The molecule has 0 aliphatic rings. The highest BCUT2D eigenvalue weighted by molar-refractivity contribution is 5.81. The first-order valence-corrected chi connectivity index (χ1v) is 8.51. The van der Waals surface area contributed by atoms with Crippen LogP contribution in [0.5, 0.6) is 0 Å². The maximum Gasteiger partial charge on any atom is 0.240 e. The molecule has 1 aromatic heterocycles. The average molecular weight is 330 g/mol. The summed E-state index contributed by atoms with van der Waals surface area (Å²) in [5.74, 6) is 0.779. The predicted octanol–water partition coefficient (Wildman–Crippen LogP) is 1.88. The van der Waals surface area contributed by atoms with E-state index in [0.717, 1.165) is 23.3 Å². The van der Waals surface area contributed by atoms with Crippen molar-refractivity contribution in [3.63, 3.8) is 0 Å². The highest BCUT2D eigenvalue weighted by Gasteiger charge is 2.14. The zero-order chi connectivity index (χ0) is 17.5. The lowest BCUT2D eigenvalue weighted by molar-refractivity contribution is -0.124. The van der Waals surface area contributed by atoms with Crippen LogP contribution in [-0.4, -0.2) is 34.5 Å². The Kier molecular flexibility index (Phi) is 6.35. The molecule has 1 aromatic carbocycles. The SMILES string of the molecule is CCCNC(=O)Cn1c(CCNC(=O)C(C)C)nc2ccccc21. The Morgan fingerprint density at radius 3 is 2.62 bits per heavy atom. The van der Waals surface area contributed by atoms with E-state index < -0.39 is 0 Å². The number of nitrogens with one attached hydrogen (secondary N) is 2. The smallest absolute Gasteiger partial charge is 0.240 e. The molecule has 130 valence electrons. The van der Waals surface area contributed by atoms with E-state index in [0.29, 0.717) is 19.5 Å². The molecule has 0 aliphatic heterocycles. The van der Waals surface area contributed by atoms with E-state index in [9.17, 15) is 9.59 Å². The molecule has 2 amide bonds. The molecule has 6 heteroatoms. The third-order valence-corrected chi connectivity index (χ3v) is 3.78. The minimum atomic E-state index is -0.0383. The lowest BCUT2D eigenvalue weighted by atomic mass is 10.2. The molecule has 2 N–H and O–H groups in total. The van der Waals surface area contributed by atoms with Gasteiger partial charge in [0.25, 0.3) is 0 Å². The third kappa shape index (κ3) is 4.57. The highest BCUT2D eigenvalue weighted by Crippen LogP contribution is 2.16. The van der Waals surface area contributed by atoms with Gasteiger partial charge in [0.1, 0.15) is 12.4 Å². The molecule has 0 spiro atoms. The van der Waals surface area contributed by atoms with Crippen molar-refractivity contribution in [1.82, 2.24) is 20.2 Å². The van der Waals surface area contributed by atoms with Crippen molar-refractivity contribution < 1.29 is 9.59 Å². The lowest BCUT2D eigenvalue weighted by Crippen LogP contribution is -2.31. The number of imidazole rings is 1. The van der Waals surface area contributed by atoms with E-state index in [-0.39, 0.29) is 24.3 Å². The second-order valence-electron chi connectivity index (χ2n) is 6.15. The Labute approximate surface area is 142 Å². The number of hydrogen-bond acceptors (Lipinski definition) is 3. The molecule has 0 fully saturated rings.